The second-order valence-corrected chi connectivity index (χ2v) is 6.60. The number of nitrogens with zero attached hydrogens (tertiary/aromatic N) is 1. The van der Waals surface area contributed by atoms with Gasteiger partial charge in [0.25, 0.3) is 5.91 Å². The number of carbonyl (C=O) groups is 1. The summed E-state index contributed by atoms with van der Waals surface area (Å²) in [7, 11) is 1.62. The summed E-state index contributed by atoms with van der Waals surface area (Å²) in [5.41, 5.74) is 3.21. The van der Waals surface area contributed by atoms with Crippen molar-refractivity contribution >= 4 is 17.6 Å². The van der Waals surface area contributed by atoms with Gasteiger partial charge < -0.3 is 14.7 Å². The maximum atomic E-state index is 13.5. The fourth-order valence-corrected chi connectivity index (χ4v) is 3.17. The Labute approximate surface area is 171 Å². The minimum atomic E-state index is -0.139. The number of hydrogen-bond donors (Lipinski definition) is 1. The molecule has 0 aliphatic carbocycles. The maximum absolute atomic E-state index is 13.5. The van der Waals surface area contributed by atoms with Gasteiger partial charge in [0.15, 0.2) is 0 Å². The van der Waals surface area contributed by atoms with Crippen LogP contribution in [0.4, 0.5) is 0 Å². The number of carbonyl (C=O) groups excluding carboxylic acids is 1. The summed E-state index contributed by atoms with van der Waals surface area (Å²) in [5.74, 6) is 0.561. The number of hydrogen-bond acceptors (Lipinski definition) is 3. The van der Waals surface area contributed by atoms with E-state index in [0.29, 0.717) is 17.9 Å². The zero-order chi connectivity index (χ0) is 20.5. The fourth-order valence-electron chi connectivity index (χ4n) is 3.17. The Morgan fingerprint density at radius 2 is 1.55 bits per heavy atom. The minimum absolute atomic E-state index is 0.102. The van der Waals surface area contributed by atoms with Crippen LogP contribution in [0.15, 0.2) is 84.9 Å². The van der Waals surface area contributed by atoms with E-state index >= 15 is 0 Å². The molecule has 148 valence electrons. The first-order valence-corrected chi connectivity index (χ1v) is 9.57. The Kier molecular flexibility index (Phi) is 7.20. The highest BCUT2D eigenvalue weighted by Gasteiger charge is 2.20. The number of ether oxygens (including phenoxy) is 1. The Bertz CT molecular complexity index is 952. The molecule has 0 spiro atoms. The lowest BCUT2D eigenvalue weighted by atomic mass is 10.0. The van der Waals surface area contributed by atoms with Crippen LogP contribution in [0.3, 0.4) is 0 Å². The van der Waals surface area contributed by atoms with Crippen molar-refractivity contribution in [2.75, 3.05) is 20.3 Å². The molecule has 0 fully saturated rings. The molecular weight excluding hydrogens is 362 g/mol. The highest BCUT2D eigenvalue weighted by molar-refractivity contribution is 6.24. The monoisotopic (exact) mass is 387 g/mol. The summed E-state index contributed by atoms with van der Waals surface area (Å²) in [6.45, 7) is 0.579. The molecular formula is C25H25NO3. The Balaban J connectivity index is 2.02. The number of amides is 1. The van der Waals surface area contributed by atoms with Gasteiger partial charge in [-0.1, -0.05) is 78.9 Å². The topological polar surface area (TPSA) is 49.8 Å². The zero-order valence-electron chi connectivity index (χ0n) is 16.5. The molecule has 0 heterocycles. The van der Waals surface area contributed by atoms with E-state index in [2.05, 4.69) is 0 Å². The lowest BCUT2D eigenvalue weighted by Gasteiger charge is -2.24. The van der Waals surface area contributed by atoms with Crippen molar-refractivity contribution in [3.05, 3.63) is 102 Å². The summed E-state index contributed by atoms with van der Waals surface area (Å²) in [4.78, 5) is 15.2. The van der Waals surface area contributed by atoms with Crippen molar-refractivity contribution < 1.29 is 14.6 Å². The molecule has 3 aromatic rings. The standard InChI is InChI=1S/C25H25NO3/c1-29-24-15-9-8-14-22(24)18-23(21-12-6-3-7-13-21)25(28)26(16-17-27)19-20-10-4-2-5-11-20/h2-15,18,27H,16-17,19H2,1H3/b23-18+. The molecule has 0 saturated heterocycles. The van der Waals surface area contributed by atoms with Crippen molar-refractivity contribution in [3.8, 4) is 5.75 Å². The van der Waals surface area contributed by atoms with Crippen LogP contribution in [-0.4, -0.2) is 36.2 Å². The molecule has 0 aliphatic rings. The second kappa shape index (κ2) is 10.2. The second-order valence-electron chi connectivity index (χ2n) is 6.60. The van der Waals surface area contributed by atoms with Gasteiger partial charge in [-0.25, -0.2) is 0 Å². The van der Waals surface area contributed by atoms with Gasteiger partial charge in [-0.3, -0.25) is 4.79 Å². The fraction of sp³-hybridized carbons (Fsp3) is 0.160. The van der Waals surface area contributed by atoms with E-state index in [9.17, 15) is 9.90 Å². The van der Waals surface area contributed by atoms with Gasteiger partial charge >= 0.3 is 0 Å². The highest BCUT2D eigenvalue weighted by atomic mass is 16.5. The third kappa shape index (κ3) is 5.33. The van der Waals surface area contributed by atoms with E-state index in [1.54, 1.807) is 12.0 Å². The van der Waals surface area contributed by atoms with Gasteiger partial charge in [0.05, 0.1) is 13.7 Å². The van der Waals surface area contributed by atoms with Crippen molar-refractivity contribution in [2.24, 2.45) is 0 Å². The van der Waals surface area contributed by atoms with Crippen LogP contribution in [0.2, 0.25) is 0 Å². The number of aliphatic hydroxyl groups is 1. The van der Waals surface area contributed by atoms with E-state index in [4.69, 9.17) is 4.74 Å². The predicted octanol–water partition coefficient (Wildman–Crippen LogP) is 4.26. The van der Waals surface area contributed by atoms with Crippen molar-refractivity contribution in [2.45, 2.75) is 6.54 Å². The van der Waals surface area contributed by atoms with Crippen molar-refractivity contribution in [1.82, 2.24) is 4.90 Å². The van der Waals surface area contributed by atoms with Crippen LogP contribution >= 0.6 is 0 Å². The minimum Gasteiger partial charge on any atom is -0.496 e. The molecule has 0 radical (unpaired) electrons. The normalized spacial score (nSPS) is 11.2. The molecule has 0 unspecified atom stereocenters. The summed E-state index contributed by atoms with van der Waals surface area (Å²) >= 11 is 0. The van der Waals surface area contributed by atoms with Gasteiger partial charge in [-0.15, -0.1) is 0 Å². The number of para-hydroxylation sites is 1. The summed E-state index contributed by atoms with van der Waals surface area (Å²) in [6.07, 6.45) is 1.85. The van der Waals surface area contributed by atoms with Crippen LogP contribution < -0.4 is 4.74 Å². The molecule has 29 heavy (non-hydrogen) atoms. The van der Waals surface area contributed by atoms with E-state index in [0.717, 1.165) is 16.7 Å². The molecule has 1 N–H and O–H groups in total. The molecule has 0 bridgehead atoms. The van der Waals surface area contributed by atoms with Crippen molar-refractivity contribution in [1.29, 1.82) is 0 Å². The molecule has 0 aromatic heterocycles. The molecule has 4 heteroatoms. The molecule has 0 atom stereocenters. The summed E-state index contributed by atoms with van der Waals surface area (Å²) in [5, 5.41) is 9.55. The molecule has 4 nitrogen and oxygen atoms in total. The molecule has 3 aromatic carbocycles. The average molecular weight is 387 g/mol. The van der Waals surface area contributed by atoms with Crippen LogP contribution in [0, 0.1) is 0 Å². The first kappa shape index (κ1) is 20.4. The lowest BCUT2D eigenvalue weighted by Crippen LogP contribution is -2.33. The number of benzene rings is 3. The van der Waals surface area contributed by atoms with Crippen molar-refractivity contribution in [3.63, 3.8) is 0 Å². The molecule has 1 amide bonds. The number of methoxy groups -OCH3 is 1. The number of aliphatic hydroxyl groups excluding tert-OH is 1. The lowest BCUT2D eigenvalue weighted by molar-refractivity contribution is -0.126. The van der Waals surface area contributed by atoms with E-state index < -0.39 is 0 Å². The predicted molar refractivity (Wildman–Crippen MR) is 116 cm³/mol. The average Bonchev–Trinajstić information content (AvgIpc) is 2.78. The highest BCUT2D eigenvalue weighted by Crippen LogP contribution is 2.26. The summed E-state index contributed by atoms with van der Waals surface area (Å²) < 4.78 is 5.46. The third-order valence-corrected chi connectivity index (χ3v) is 4.63. The maximum Gasteiger partial charge on any atom is 0.254 e. The van der Waals surface area contributed by atoms with Crippen LogP contribution in [0.25, 0.3) is 11.6 Å². The molecule has 3 rings (SSSR count). The van der Waals surface area contributed by atoms with E-state index in [-0.39, 0.29) is 19.1 Å². The third-order valence-electron chi connectivity index (χ3n) is 4.63. The molecule has 0 aliphatic heterocycles. The quantitative estimate of drug-likeness (QED) is 0.464. The number of rotatable bonds is 8. The van der Waals surface area contributed by atoms with Crippen LogP contribution in [0.1, 0.15) is 16.7 Å². The smallest absolute Gasteiger partial charge is 0.254 e. The van der Waals surface area contributed by atoms with Gasteiger partial charge in [-0.05, 0) is 23.3 Å². The van der Waals surface area contributed by atoms with Gasteiger partial charge in [-0.2, -0.15) is 0 Å². The Hall–Kier alpha value is -3.37. The van der Waals surface area contributed by atoms with Crippen LogP contribution in [0.5, 0.6) is 5.75 Å². The first-order chi connectivity index (χ1) is 14.2. The largest absolute Gasteiger partial charge is 0.496 e. The first-order valence-electron chi connectivity index (χ1n) is 9.57. The Morgan fingerprint density at radius 3 is 2.21 bits per heavy atom. The molecule has 0 saturated carbocycles. The van der Waals surface area contributed by atoms with Crippen LogP contribution in [-0.2, 0) is 11.3 Å². The van der Waals surface area contributed by atoms with Gasteiger partial charge in [0, 0.05) is 24.2 Å². The van der Waals surface area contributed by atoms with E-state index in [1.807, 2.05) is 91.0 Å². The van der Waals surface area contributed by atoms with Gasteiger partial charge in [0.2, 0.25) is 0 Å². The summed E-state index contributed by atoms with van der Waals surface area (Å²) in [6, 6.07) is 27.0. The van der Waals surface area contributed by atoms with E-state index in [1.165, 1.54) is 0 Å². The van der Waals surface area contributed by atoms with Gasteiger partial charge in [0.1, 0.15) is 5.75 Å². The zero-order valence-corrected chi connectivity index (χ0v) is 16.5. The Morgan fingerprint density at radius 1 is 0.931 bits per heavy atom. The SMILES string of the molecule is COc1ccccc1/C=C(/C(=O)N(CCO)Cc1ccccc1)c1ccccc1.